The number of benzene rings is 2. The zero-order chi connectivity index (χ0) is 29.0. The second-order valence-electron chi connectivity index (χ2n) is 11.1. The average molecular weight is 550 g/mol. The smallest absolute Gasteiger partial charge is 0.150 e. The molecule has 3 heterocycles. The van der Waals surface area contributed by atoms with Crippen LogP contribution in [0.2, 0.25) is 0 Å². The van der Waals surface area contributed by atoms with Gasteiger partial charge in [-0.15, -0.1) is 0 Å². The van der Waals surface area contributed by atoms with E-state index < -0.39 is 0 Å². The van der Waals surface area contributed by atoms with Gasteiger partial charge in [0.05, 0.1) is 13.4 Å². The van der Waals surface area contributed by atoms with Crippen LogP contribution in [0.1, 0.15) is 39.8 Å². The van der Waals surface area contributed by atoms with E-state index in [0.29, 0.717) is 23.0 Å². The van der Waals surface area contributed by atoms with E-state index in [-0.39, 0.29) is 11.1 Å². The minimum absolute atomic E-state index is 0.135. The molecule has 0 fully saturated rings. The van der Waals surface area contributed by atoms with Crippen LogP contribution < -0.4 is 15.2 Å². The van der Waals surface area contributed by atoms with Gasteiger partial charge in [-0.25, -0.2) is 9.98 Å². The third-order valence-electron chi connectivity index (χ3n) is 6.83. The number of aliphatic imine (C=N–C) groups is 1. The van der Waals surface area contributed by atoms with Crippen LogP contribution in [0.4, 0.5) is 5.69 Å². The van der Waals surface area contributed by atoms with Crippen LogP contribution in [0.15, 0.2) is 107 Å². The Morgan fingerprint density at radius 1 is 0.927 bits per heavy atom. The van der Waals surface area contributed by atoms with Crippen molar-refractivity contribution in [2.75, 3.05) is 7.11 Å². The molecule has 0 bridgehead atoms. The molecule has 0 saturated heterocycles. The highest BCUT2D eigenvalue weighted by Gasteiger charge is 2.31. The number of amidine groups is 1. The molecule has 0 unspecified atom stereocenters. The van der Waals surface area contributed by atoms with Gasteiger partial charge in [0.2, 0.25) is 0 Å². The molecule has 0 amide bonds. The maximum Gasteiger partial charge on any atom is 0.150 e. The summed E-state index contributed by atoms with van der Waals surface area (Å²) in [5.41, 5.74) is 8.68. The maximum atomic E-state index is 6.39. The molecule has 8 heteroatoms. The first kappa shape index (κ1) is 27.7. The summed E-state index contributed by atoms with van der Waals surface area (Å²) in [6.07, 6.45) is 8.12. The molecular formula is C33H35N5O3. The van der Waals surface area contributed by atoms with Crippen molar-refractivity contribution >= 4 is 11.5 Å². The van der Waals surface area contributed by atoms with Gasteiger partial charge in [0.1, 0.15) is 45.8 Å². The third-order valence-corrected chi connectivity index (χ3v) is 6.83. The summed E-state index contributed by atoms with van der Waals surface area (Å²) < 4.78 is 20.3. The summed E-state index contributed by atoms with van der Waals surface area (Å²) in [7, 11) is 1.60. The standard InChI is InChI=1S/C33H35N5O3/c1-32(2,38-19-18-35-22-38)21-33(3,4)41-25-12-9-23(10-13-25)28-15-16-29(40-28)24-11-14-26(30(20-24)39-5)37-31(34)27-8-6-7-17-36-27/h6-20,22H,21H2,1-5H3,(H2,34,37). The van der Waals surface area contributed by atoms with Crippen molar-refractivity contribution in [2.45, 2.75) is 45.3 Å². The van der Waals surface area contributed by atoms with Gasteiger partial charge in [-0.1, -0.05) is 6.07 Å². The SMILES string of the molecule is COc1cc(-c2ccc(-c3ccc(OC(C)(C)CC(C)(C)n4ccnc4)cc3)o2)ccc1N=C(N)c1ccccn1. The fraction of sp³-hybridized carbons (Fsp3) is 0.242. The second-order valence-corrected chi connectivity index (χ2v) is 11.1. The fourth-order valence-corrected chi connectivity index (χ4v) is 5.07. The zero-order valence-corrected chi connectivity index (χ0v) is 24.0. The molecule has 5 aromatic rings. The molecule has 0 aliphatic rings. The summed E-state index contributed by atoms with van der Waals surface area (Å²) in [6.45, 7) is 8.59. The molecule has 0 atom stereocenters. The molecule has 210 valence electrons. The lowest BCUT2D eigenvalue weighted by Crippen LogP contribution is -2.39. The van der Waals surface area contributed by atoms with Crippen LogP contribution in [0.25, 0.3) is 22.6 Å². The highest BCUT2D eigenvalue weighted by Crippen LogP contribution is 2.36. The summed E-state index contributed by atoms with van der Waals surface area (Å²) in [4.78, 5) is 13.0. The highest BCUT2D eigenvalue weighted by atomic mass is 16.5. The molecule has 0 spiro atoms. The molecule has 0 saturated carbocycles. The molecule has 0 aliphatic heterocycles. The maximum absolute atomic E-state index is 6.39. The molecular weight excluding hydrogens is 514 g/mol. The van der Waals surface area contributed by atoms with Crippen LogP contribution in [0.3, 0.4) is 0 Å². The van der Waals surface area contributed by atoms with E-state index in [1.807, 2.05) is 85.3 Å². The number of ether oxygens (including phenoxy) is 2. The van der Waals surface area contributed by atoms with Crippen molar-refractivity contribution in [3.05, 3.63) is 103 Å². The minimum atomic E-state index is -0.384. The Bertz CT molecular complexity index is 1620. The van der Waals surface area contributed by atoms with Crippen LogP contribution in [0, 0.1) is 0 Å². The lowest BCUT2D eigenvalue weighted by molar-refractivity contribution is 0.0595. The van der Waals surface area contributed by atoms with Crippen LogP contribution >= 0.6 is 0 Å². The van der Waals surface area contributed by atoms with Crippen molar-refractivity contribution in [2.24, 2.45) is 10.7 Å². The molecule has 5 rings (SSSR count). The van der Waals surface area contributed by atoms with Gasteiger partial charge >= 0.3 is 0 Å². The molecule has 8 nitrogen and oxygen atoms in total. The van der Waals surface area contributed by atoms with Gasteiger partial charge in [0, 0.05) is 41.7 Å². The first-order chi connectivity index (χ1) is 19.6. The fourth-order valence-electron chi connectivity index (χ4n) is 5.07. The number of nitrogens with two attached hydrogens (primary N) is 1. The molecule has 0 aliphatic carbocycles. The average Bonchev–Trinajstić information content (AvgIpc) is 3.67. The Balaban J connectivity index is 1.29. The largest absolute Gasteiger partial charge is 0.494 e. The van der Waals surface area contributed by atoms with Gasteiger partial charge in [0.25, 0.3) is 0 Å². The number of methoxy groups -OCH3 is 1. The van der Waals surface area contributed by atoms with Crippen molar-refractivity contribution in [1.29, 1.82) is 0 Å². The predicted molar refractivity (Wildman–Crippen MR) is 162 cm³/mol. The van der Waals surface area contributed by atoms with Crippen molar-refractivity contribution in [1.82, 2.24) is 14.5 Å². The van der Waals surface area contributed by atoms with E-state index in [9.17, 15) is 0 Å². The Morgan fingerprint density at radius 3 is 2.32 bits per heavy atom. The lowest BCUT2D eigenvalue weighted by Gasteiger charge is -2.36. The van der Waals surface area contributed by atoms with Crippen LogP contribution in [0.5, 0.6) is 11.5 Å². The number of imidazole rings is 1. The Kier molecular flexibility index (Phi) is 7.66. The third kappa shape index (κ3) is 6.49. The van der Waals surface area contributed by atoms with Gasteiger partial charge in [-0.3, -0.25) is 4.98 Å². The van der Waals surface area contributed by atoms with E-state index in [1.165, 1.54) is 0 Å². The van der Waals surface area contributed by atoms with Gasteiger partial charge in [-0.2, -0.15) is 0 Å². The van der Waals surface area contributed by atoms with Gasteiger partial charge < -0.3 is 24.2 Å². The highest BCUT2D eigenvalue weighted by molar-refractivity contribution is 5.97. The number of rotatable bonds is 10. The normalized spacial score (nSPS) is 12.4. The topological polar surface area (TPSA) is 101 Å². The molecule has 2 aromatic carbocycles. The number of furan rings is 1. The lowest BCUT2D eigenvalue weighted by atomic mass is 9.89. The Morgan fingerprint density at radius 2 is 1.66 bits per heavy atom. The van der Waals surface area contributed by atoms with E-state index in [4.69, 9.17) is 19.6 Å². The van der Waals surface area contributed by atoms with E-state index >= 15 is 0 Å². The quantitative estimate of drug-likeness (QED) is 0.146. The van der Waals surface area contributed by atoms with Gasteiger partial charge in [0.15, 0.2) is 0 Å². The summed E-state index contributed by atoms with van der Waals surface area (Å²) in [5.74, 6) is 3.18. The molecule has 41 heavy (non-hydrogen) atoms. The summed E-state index contributed by atoms with van der Waals surface area (Å²) in [5, 5.41) is 0. The van der Waals surface area contributed by atoms with Crippen molar-refractivity contribution in [3.8, 4) is 34.1 Å². The number of nitrogens with zero attached hydrogens (tertiary/aromatic N) is 4. The molecule has 0 radical (unpaired) electrons. The van der Waals surface area contributed by atoms with Crippen molar-refractivity contribution in [3.63, 3.8) is 0 Å². The zero-order valence-electron chi connectivity index (χ0n) is 24.0. The molecule has 3 aromatic heterocycles. The Hall–Kier alpha value is -4.85. The minimum Gasteiger partial charge on any atom is -0.494 e. The number of hydrogen-bond donors (Lipinski definition) is 1. The number of pyridine rings is 1. The monoisotopic (exact) mass is 549 g/mol. The summed E-state index contributed by atoms with van der Waals surface area (Å²) in [6, 6.07) is 23.1. The number of aromatic nitrogens is 3. The van der Waals surface area contributed by atoms with Gasteiger partial charge in [-0.05, 0) is 94.4 Å². The predicted octanol–water partition coefficient (Wildman–Crippen LogP) is 7.23. The van der Waals surface area contributed by atoms with E-state index in [2.05, 4.69) is 47.2 Å². The Labute approximate surface area is 240 Å². The van der Waals surface area contributed by atoms with E-state index in [1.54, 1.807) is 19.5 Å². The van der Waals surface area contributed by atoms with Crippen LogP contribution in [-0.4, -0.2) is 33.1 Å². The second kappa shape index (κ2) is 11.3. The first-order valence-corrected chi connectivity index (χ1v) is 13.5. The summed E-state index contributed by atoms with van der Waals surface area (Å²) >= 11 is 0. The van der Waals surface area contributed by atoms with Crippen LogP contribution in [-0.2, 0) is 5.54 Å². The first-order valence-electron chi connectivity index (χ1n) is 13.5. The molecule has 2 N–H and O–H groups in total. The number of hydrogen-bond acceptors (Lipinski definition) is 6. The van der Waals surface area contributed by atoms with E-state index in [0.717, 1.165) is 34.8 Å². The van der Waals surface area contributed by atoms with Crippen molar-refractivity contribution < 1.29 is 13.9 Å².